The molecular weight excluding hydrogens is 636 g/mol. The molecule has 1 aliphatic heterocycles. The number of rotatable bonds is 11. The number of hydrogen-bond donors (Lipinski definition) is 0. The van der Waals surface area contributed by atoms with Crippen molar-refractivity contribution in [2.75, 3.05) is 20.3 Å². The summed E-state index contributed by atoms with van der Waals surface area (Å²) in [5.41, 5.74) is -0.433. The highest BCUT2D eigenvalue weighted by Crippen LogP contribution is 2.40. The van der Waals surface area contributed by atoms with Gasteiger partial charge in [0.25, 0.3) is 0 Å². The first kappa shape index (κ1) is 34.4. The molecule has 0 N–H and O–H groups in total. The molecule has 1 fully saturated rings. The Bertz CT molecular complexity index is 1820. The summed E-state index contributed by atoms with van der Waals surface area (Å²) < 4.78 is 34.0. The number of benzene rings is 3. The lowest BCUT2D eigenvalue weighted by molar-refractivity contribution is -0.0452. The topological polar surface area (TPSA) is 167 Å². The van der Waals surface area contributed by atoms with Crippen molar-refractivity contribution in [2.24, 2.45) is 0 Å². The zero-order chi connectivity index (χ0) is 34.9. The molecule has 0 amide bonds. The number of methoxy groups -OCH3 is 1. The molecule has 3 aromatic carbocycles. The quantitative estimate of drug-likeness (QED) is 0.162. The minimum absolute atomic E-state index is 0.0389. The Morgan fingerprint density at radius 1 is 0.653 bits per heavy atom. The second-order valence-corrected chi connectivity index (χ2v) is 10.6. The van der Waals surface area contributed by atoms with Crippen LogP contribution >= 0.6 is 0 Å². The van der Waals surface area contributed by atoms with Crippen molar-refractivity contribution in [3.8, 4) is 0 Å². The van der Waals surface area contributed by atoms with Crippen LogP contribution in [-0.4, -0.2) is 78.4 Å². The highest BCUT2D eigenvalue weighted by molar-refractivity contribution is 6.02. The highest BCUT2D eigenvalue weighted by atomic mass is 16.7. The van der Waals surface area contributed by atoms with Crippen molar-refractivity contribution in [3.63, 3.8) is 0 Å². The van der Waals surface area contributed by atoms with Gasteiger partial charge in [-0.15, -0.1) is 0 Å². The normalized spacial score (nSPS) is 18.2. The van der Waals surface area contributed by atoms with E-state index in [0.717, 1.165) is 7.11 Å². The van der Waals surface area contributed by atoms with Crippen molar-refractivity contribution in [2.45, 2.75) is 38.3 Å². The number of aromatic nitrogens is 2. The largest absolute Gasteiger partial charge is 0.464 e. The predicted octanol–water partition coefficient (Wildman–Crippen LogP) is 4.50. The molecule has 1 saturated heterocycles. The third-order valence-electron chi connectivity index (χ3n) is 7.38. The van der Waals surface area contributed by atoms with Crippen LogP contribution in [0, 0.1) is 6.92 Å². The lowest BCUT2D eigenvalue weighted by atomic mass is 9.99. The highest BCUT2D eigenvalue weighted by Gasteiger charge is 2.53. The first-order valence-electron chi connectivity index (χ1n) is 15.3. The van der Waals surface area contributed by atoms with Gasteiger partial charge in [0.05, 0.1) is 36.1 Å². The van der Waals surface area contributed by atoms with Crippen LogP contribution in [0.4, 0.5) is 0 Å². The molecule has 0 bridgehead atoms. The zero-order valence-corrected chi connectivity index (χ0v) is 26.8. The Morgan fingerprint density at radius 3 is 1.67 bits per heavy atom. The monoisotopic (exact) mass is 668 g/mol. The first-order chi connectivity index (χ1) is 23.7. The molecule has 0 saturated carbocycles. The SMILES string of the molecule is CCOC(=O)c1c(C(=O)OC)nc(C)nc1[C@@H]1O[C@H](COC(=O)c2ccccc2)[C@@H](OC(=O)c2ccccc2)[C@H]1OC(=O)c1ccccc1. The summed E-state index contributed by atoms with van der Waals surface area (Å²) in [4.78, 5) is 74.8. The Hall–Kier alpha value is -5.95. The minimum atomic E-state index is -1.49. The molecule has 4 atom stereocenters. The third kappa shape index (κ3) is 7.96. The summed E-state index contributed by atoms with van der Waals surface area (Å²) in [6, 6.07) is 24.2. The summed E-state index contributed by atoms with van der Waals surface area (Å²) in [6.07, 6.45) is -5.63. The maximum Gasteiger partial charge on any atom is 0.357 e. The Balaban J connectivity index is 1.62. The van der Waals surface area contributed by atoms with E-state index in [-0.39, 0.29) is 34.8 Å². The molecule has 13 heteroatoms. The van der Waals surface area contributed by atoms with Crippen LogP contribution in [0.1, 0.15) is 76.5 Å². The summed E-state index contributed by atoms with van der Waals surface area (Å²) >= 11 is 0. The van der Waals surface area contributed by atoms with Crippen molar-refractivity contribution in [1.29, 1.82) is 0 Å². The van der Waals surface area contributed by atoms with Gasteiger partial charge in [0.1, 0.15) is 30.2 Å². The molecule has 0 radical (unpaired) electrons. The summed E-state index contributed by atoms with van der Waals surface area (Å²) in [5, 5.41) is 0. The molecular formula is C36H32N2O11. The van der Waals surface area contributed by atoms with E-state index in [9.17, 15) is 24.0 Å². The van der Waals surface area contributed by atoms with Gasteiger partial charge in [-0.25, -0.2) is 33.9 Å². The van der Waals surface area contributed by atoms with Gasteiger partial charge in [0, 0.05) is 0 Å². The second kappa shape index (κ2) is 15.8. The van der Waals surface area contributed by atoms with Gasteiger partial charge in [0.15, 0.2) is 17.9 Å². The third-order valence-corrected chi connectivity index (χ3v) is 7.38. The average Bonchev–Trinajstić information content (AvgIpc) is 3.46. The van der Waals surface area contributed by atoms with Gasteiger partial charge < -0.3 is 28.4 Å². The molecule has 5 rings (SSSR count). The zero-order valence-electron chi connectivity index (χ0n) is 26.8. The van der Waals surface area contributed by atoms with Crippen molar-refractivity contribution in [1.82, 2.24) is 9.97 Å². The van der Waals surface area contributed by atoms with Crippen LogP contribution in [-0.2, 0) is 28.4 Å². The van der Waals surface area contributed by atoms with Gasteiger partial charge in [-0.1, -0.05) is 54.6 Å². The van der Waals surface area contributed by atoms with Gasteiger partial charge in [0.2, 0.25) is 0 Å². The predicted molar refractivity (Wildman–Crippen MR) is 170 cm³/mol. The molecule has 4 aromatic rings. The van der Waals surface area contributed by atoms with Crippen molar-refractivity contribution >= 4 is 29.8 Å². The first-order valence-corrected chi connectivity index (χ1v) is 15.3. The Morgan fingerprint density at radius 2 is 1.16 bits per heavy atom. The molecule has 0 unspecified atom stereocenters. The van der Waals surface area contributed by atoms with Crippen molar-refractivity contribution < 1.29 is 52.4 Å². The molecule has 1 aliphatic rings. The summed E-state index contributed by atoms with van der Waals surface area (Å²) in [5.74, 6) is -4.22. The second-order valence-electron chi connectivity index (χ2n) is 10.6. The number of carbonyl (C=O) groups is 5. The molecule has 0 spiro atoms. The van der Waals surface area contributed by atoms with E-state index >= 15 is 0 Å². The fourth-order valence-electron chi connectivity index (χ4n) is 5.15. The van der Waals surface area contributed by atoms with E-state index in [1.54, 1.807) is 73.7 Å². The van der Waals surface area contributed by atoms with Gasteiger partial charge >= 0.3 is 29.8 Å². The van der Waals surface area contributed by atoms with E-state index < -0.39 is 72.1 Å². The van der Waals surface area contributed by atoms with E-state index in [1.165, 1.54) is 31.2 Å². The number of hydrogen-bond acceptors (Lipinski definition) is 13. The van der Waals surface area contributed by atoms with Crippen LogP contribution in [0.15, 0.2) is 91.0 Å². The maximum atomic E-state index is 13.5. The Kier molecular flexibility index (Phi) is 11.1. The number of ether oxygens (including phenoxy) is 6. The molecule has 2 heterocycles. The van der Waals surface area contributed by atoms with E-state index in [2.05, 4.69) is 9.97 Å². The number of carbonyl (C=O) groups excluding carboxylic acids is 5. The van der Waals surface area contributed by atoms with Crippen LogP contribution in [0.5, 0.6) is 0 Å². The summed E-state index contributed by atoms with van der Waals surface area (Å²) in [7, 11) is 1.11. The standard InChI is InChI=1S/C36H32N2O11/c1-4-45-35(42)26-27(37-21(2)38-28(26)36(43)44-3)30-31(49-34(41)24-18-12-7-13-19-24)29(48-33(40)23-16-10-6-11-17-23)25(47-30)20-46-32(39)22-14-8-5-9-15-22/h5-19,25,29-31H,4,20H2,1-3H3/t25-,29-,30+,31-/m1/s1. The summed E-state index contributed by atoms with van der Waals surface area (Å²) in [6.45, 7) is 2.49. The van der Waals surface area contributed by atoms with E-state index in [0.29, 0.717) is 0 Å². The molecule has 1 aromatic heterocycles. The molecule has 0 aliphatic carbocycles. The molecule has 252 valence electrons. The van der Waals surface area contributed by atoms with Crippen LogP contribution in [0.25, 0.3) is 0 Å². The van der Waals surface area contributed by atoms with Gasteiger partial charge in [-0.2, -0.15) is 0 Å². The average molecular weight is 669 g/mol. The minimum Gasteiger partial charge on any atom is -0.464 e. The fourth-order valence-corrected chi connectivity index (χ4v) is 5.15. The molecule has 49 heavy (non-hydrogen) atoms. The lowest BCUT2D eigenvalue weighted by Crippen LogP contribution is -2.41. The van der Waals surface area contributed by atoms with Gasteiger partial charge in [-0.05, 0) is 50.2 Å². The number of esters is 5. The van der Waals surface area contributed by atoms with Crippen LogP contribution < -0.4 is 0 Å². The van der Waals surface area contributed by atoms with E-state index in [4.69, 9.17) is 28.4 Å². The van der Waals surface area contributed by atoms with Crippen LogP contribution in [0.3, 0.4) is 0 Å². The number of nitrogens with zero attached hydrogens (tertiary/aromatic N) is 2. The Labute approximate surface area is 281 Å². The van der Waals surface area contributed by atoms with E-state index in [1.807, 2.05) is 0 Å². The fraction of sp³-hybridized carbons (Fsp3) is 0.250. The van der Waals surface area contributed by atoms with Crippen LogP contribution in [0.2, 0.25) is 0 Å². The lowest BCUT2D eigenvalue weighted by Gasteiger charge is -2.25. The molecule has 13 nitrogen and oxygen atoms in total. The van der Waals surface area contributed by atoms with Gasteiger partial charge in [-0.3, -0.25) is 0 Å². The smallest absolute Gasteiger partial charge is 0.357 e. The van der Waals surface area contributed by atoms with Crippen molar-refractivity contribution in [3.05, 3.63) is 130 Å². The maximum absolute atomic E-state index is 13.5. The number of aryl methyl sites for hydroxylation is 1.